The van der Waals surface area contributed by atoms with Crippen LogP contribution >= 0.6 is 12.4 Å². The van der Waals surface area contributed by atoms with Crippen molar-refractivity contribution in [3.05, 3.63) is 52.8 Å². The van der Waals surface area contributed by atoms with Crippen molar-refractivity contribution in [3.8, 4) is 0 Å². The molecule has 0 spiro atoms. The van der Waals surface area contributed by atoms with Gasteiger partial charge in [0.1, 0.15) is 0 Å². The Morgan fingerprint density at radius 1 is 1.16 bits per heavy atom. The zero-order valence-corrected chi connectivity index (χ0v) is 19.0. The van der Waals surface area contributed by atoms with Crippen LogP contribution in [0, 0.1) is 5.92 Å². The maximum Gasteiger partial charge on any atom is 0.256 e. The number of fused-ring (bicyclic) bond motifs is 1. The van der Waals surface area contributed by atoms with Crippen LogP contribution in [0.4, 0.5) is 5.69 Å². The van der Waals surface area contributed by atoms with Crippen molar-refractivity contribution in [1.29, 1.82) is 0 Å². The van der Waals surface area contributed by atoms with Crippen LogP contribution in [-0.4, -0.2) is 54.1 Å². The number of carbonyl (C=O) groups excluding carboxylic acids is 2. The summed E-state index contributed by atoms with van der Waals surface area (Å²) in [5.74, 6) is 0.0647. The molecule has 1 aromatic carbocycles. The average molecular weight is 457 g/mol. The summed E-state index contributed by atoms with van der Waals surface area (Å²) in [6, 6.07) is 8.17. The number of rotatable bonds is 5. The van der Waals surface area contributed by atoms with E-state index < -0.39 is 0 Å². The molecule has 32 heavy (non-hydrogen) atoms. The van der Waals surface area contributed by atoms with Crippen molar-refractivity contribution in [2.75, 3.05) is 38.2 Å². The van der Waals surface area contributed by atoms with E-state index >= 15 is 0 Å². The van der Waals surface area contributed by atoms with Crippen LogP contribution in [0.2, 0.25) is 0 Å². The second kappa shape index (κ2) is 9.48. The van der Waals surface area contributed by atoms with E-state index in [1.807, 2.05) is 25.3 Å². The fraction of sp³-hybridized carbons (Fsp3) is 0.417. The van der Waals surface area contributed by atoms with Crippen molar-refractivity contribution in [3.63, 3.8) is 0 Å². The molecule has 2 N–H and O–H groups in total. The molecular formula is C24H29ClN4O3. The molecule has 0 aliphatic carbocycles. The molecule has 2 aromatic rings. The molecule has 5 rings (SSSR count). The smallest absolute Gasteiger partial charge is 0.256 e. The number of aryl methyl sites for hydroxylation is 1. The van der Waals surface area contributed by atoms with Gasteiger partial charge in [-0.25, -0.2) is 0 Å². The van der Waals surface area contributed by atoms with Crippen LogP contribution in [0.15, 0.2) is 30.5 Å². The number of nitrogens with one attached hydrogen (secondary N) is 2. The lowest BCUT2D eigenvalue weighted by Gasteiger charge is -2.26. The minimum Gasteiger partial charge on any atom is -0.379 e. The number of nitrogens with zero attached hydrogens (tertiary/aromatic N) is 2. The number of aromatic nitrogens is 1. The minimum absolute atomic E-state index is 0. The number of hydrogen-bond acceptors (Lipinski definition) is 4. The number of anilines is 1. The summed E-state index contributed by atoms with van der Waals surface area (Å²) in [7, 11) is 2.01. The SMILES string of the molecule is Cl.Cn1cc(CN2CCOCC2)cc1C=C1C(=O)Nc2ccc(CC3CCNC3=O)cc21. The molecule has 2 amide bonds. The Morgan fingerprint density at radius 3 is 2.72 bits per heavy atom. The Kier molecular flexibility index (Phi) is 6.69. The van der Waals surface area contributed by atoms with E-state index in [0.29, 0.717) is 12.0 Å². The molecule has 1 unspecified atom stereocenters. The highest BCUT2D eigenvalue weighted by Crippen LogP contribution is 2.35. The first-order valence-electron chi connectivity index (χ1n) is 11.0. The molecule has 2 saturated heterocycles. The normalized spacial score (nSPS) is 21.9. The molecule has 7 nitrogen and oxygen atoms in total. The largest absolute Gasteiger partial charge is 0.379 e. The third kappa shape index (κ3) is 4.60. The molecule has 0 radical (unpaired) electrons. The van der Waals surface area contributed by atoms with Crippen LogP contribution in [0.5, 0.6) is 0 Å². The van der Waals surface area contributed by atoms with Gasteiger partial charge in [0, 0.05) is 62.3 Å². The number of halogens is 1. The van der Waals surface area contributed by atoms with E-state index in [-0.39, 0.29) is 30.1 Å². The van der Waals surface area contributed by atoms with Crippen molar-refractivity contribution >= 4 is 41.6 Å². The first-order chi connectivity index (χ1) is 15.1. The summed E-state index contributed by atoms with van der Waals surface area (Å²) in [6.45, 7) is 5.10. The maximum atomic E-state index is 12.7. The van der Waals surface area contributed by atoms with Crippen LogP contribution in [0.1, 0.15) is 28.8 Å². The van der Waals surface area contributed by atoms with Gasteiger partial charge in [0.15, 0.2) is 0 Å². The lowest BCUT2D eigenvalue weighted by Crippen LogP contribution is -2.35. The summed E-state index contributed by atoms with van der Waals surface area (Å²) < 4.78 is 7.50. The van der Waals surface area contributed by atoms with E-state index in [1.54, 1.807) is 0 Å². The first-order valence-corrected chi connectivity index (χ1v) is 11.0. The van der Waals surface area contributed by atoms with E-state index in [9.17, 15) is 9.59 Å². The Hall–Kier alpha value is -2.61. The zero-order valence-electron chi connectivity index (χ0n) is 18.2. The van der Waals surface area contributed by atoms with Gasteiger partial charge in [-0.1, -0.05) is 6.07 Å². The van der Waals surface area contributed by atoms with Gasteiger partial charge < -0.3 is 19.9 Å². The van der Waals surface area contributed by atoms with Crippen molar-refractivity contribution < 1.29 is 14.3 Å². The lowest BCUT2D eigenvalue weighted by molar-refractivity contribution is -0.122. The van der Waals surface area contributed by atoms with E-state index in [2.05, 4.69) is 38.4 Å². The summed E-state index contributed by atoms with van der Waals surface area (Å²) in [6.07, 6.45) is 5.67. The van der Waals surface area contributed by atoms with Gasteiger partial charge in [-0.15, -0.1) is 12.4 Å². The number of amides is 2. The van der Waals surface area contributed by atoms with Crippen LogP contribution in [0.3, 0.4) is 0 Å². The van der Waals surface area contributed by atoms with E-state index in [1.165, 1.54) is 5.56 Å². The van der Waals surface area contributed by atoms with Crippen LogP contribution in [0.25, 0.3) is 11.6 Å². The third-order valence-electron chi connectivity index (χ3n) is 6.41. The molecule has 1 atom stereocenters. The van der Waals surface area contributed by atoms with Crippen molar-refractivity contribution in [2.24, 2.45) is 13.0 Å². The third-order valence-corrected chi connectivity index (χ3v) is 6.41. The first kappa shape index (κ1) is 22.6. The van der Waals surface area contributed by atoms with E-state index in [4.69, 9.17) is 4.74 Å². The molecular weight excluding hydrogens is 428 g/mol. The molecule has 3 aliphatic heterocycles. The second-order valence-electron chi connectivity index (χ2n) is 8.65. The summed E-state index contributed by atoms with van der Waals surface area (Å²) in [4.78, 5) is 27.0. The molecule has 0 saturated carbocycles. The van der Waals surface area contributed by atoms with Gasteiger partial charge in [-0.3, -0.25) is 14.5 Å². The fourth-order valence-electron chi connectivity index (χ4n) is 4.68. The second-order valence-corrected chi connectivity index (χ2v) is 8.65. The molecule has 3 aliphatic rings. The summed E-state index contributed by atoms with van der Waals surface area (Å²) in [5, 5.41) is 5.87. The highest BCUT2D eigenvalue weighted by atomic mass is 35.5. The Balaban J connectivity index is 0.00000245. The Labute approximate surface area is 194 Å². The number of hydrogen-bond donors (Lipinski definition) is 2. The predicted molar refractivity (Wildman–Crippen MR) is 127 cm³/mol. The van der Waals surface area contributed by atoms with Crippen molar-refractivity contribution in [2.45, 2.75) is 19.4 Å². The number of benzene rings is 1. The van der Waals surface area contributed by atoms with Crippen molar-refractivity contribution in [1.82, 2.24) is 14.8 Å². The van der Waals surface area contributed by atoms with Crippen LogP contribution in [-0.2, 0) is 34.3 Å². The number of morpholine rings is 1. The summed E-state index contributed by atoms with van der Waals surface area (Å²) >= 11 is 0. The standard InChI is InChI=1S/C24H28N4O3.ClH/c1-27-14-17(15-28-6-8-31-9-7-28)11-19(27)13-21-20-12-16(2-3-22(20)26-24(21)30)10-18-4-5-25-23(18)29;/h2-3,11-14,18H,4-10,15H2,1H3,(H,25,29)(H,26,30);1H. The Morgan fingerprint density at radius 2 is 1.97 bits per heavy atom. The molecule has 0 bridgehead atoms. The quantitative estimate of drug-likeness (QED) is 0.678. The average Bonchev–Trinajstić information content (AvgIpc) is 3.41. The van der Waals surface area contributed by atoms with Gasteiger partial charge in [0.25, 0.3) is 5.91 Å². The lowest BCUT2D eigenvalue weighted by atomic mass is 9.95. The zero-order chi connectivity index (χ0) is 21.4. The molecule has 4 heterocycles. The number of ether oxygens (including phenoxy) is 1. The maximum absolute atomic E-state index is 12.7. The minimum atomic E-state index is -0.0818. The van der Waals surface area contributed by atoms with E-state index in [0.717, 1.165) is 68.3 Å². The number of carbonyl (C=O) groups is 2. The summed E-state index contributed by atoms with van der Waals surface area (Å²) in [5.41, 5.74) is 5.74. The molecule has 1 aromatic heterocycles. The molecule has 170 valence electrons. The van der Waals surface area contributed by atoms with Gasteiger partial charge in [-0.05, 0) is 48.2 Å². The van der Waals surface area contributed by atoms with Crippen LogP contribution < -0.4 is 10.6 Å². The van der Waals surface area contributed by atoms with Gasteiger partial charge in [0.2, 0.25) is 5.91 Å². The monoisotopic (exact) mass is 456 g/mol. The molecule has 8 heteroatoms. The highest BCUT2D eigenvalue weighted by Gasteiger charge is 2.27. The fourth-order valence-corrected chi connectivity index (χ4v) is 4.68. The van der Waals surface area contributed by atoms with Gasteiger partial charge in [0.05, 0.1) is 18.8 Å². The topological polar surface area (TPSA) is 75.6 Å². The Bertz CT molecular complexity index is 1060. The van der Waals surface area contributed by atoms with Gasteiger partial charge in [-0.2, -0.15) is 0 Å². The highest BCUT2D eigenvalue weighted by molar-refractivity contribution is 6.34. The predicted octanol–water partition coefficient (Wildman–Crippen LogP) is 2.45. The van der Waals surface area contributed by atoms with Gasteiger partial charge >= 0.3 is 0 Å². The molecule has 2 fully saturated rings.